The minimum atomic E-state index is -1.09. The molecule has 2 rings (SSSR count). The maximum Gasteiger partial charge on any atom is 0.330 e. The second kappa shape index (κ2) is 7.79. The lowest BCUT2D eigenvalue weighted by Gasteiger charge is -2.23. The number of carbonyl (C=O) groups is 2. The number of rotatable bonds is 5. The van der Waals surface area contributed by atoms with Crippen LogP contribution in [0.5, 0.6) is 0 Å². The van der Waals surface area contributed by atoms with Gasteiger partial charge < -0.3 is 10.4 Å². The van der Waals surface area contributed by atoms with E-state index in [2.05, 4.69) is 5.32 Å². The van der Waals surface area contributed by atoms with Gasteiger partial charge in [0.1, 0.15) is 0 Å². The van der Waals surface area contributed by atoms with Gasteiger partial charge in [-0.05, 0) is 16.7 Å². The lowest BCUT2D eigenvalue weighted by Crippen LogP contribution is -2.40. The number of carboxylic acid groups (broad SMARTS) is 1. The monoisotopic (exact) mass is 337 g/mol. The number of hydrogen-bond donors (Lipinski definition) is 2. The van der Waals surface area contributed by atoms with Crippen molar-refractivity contribution in [1.82, 2.24) is 5.32 Å². The second-order valence-electron chi connectivity index (χ2n) is 6.87. The molecule has 4 heteroatoms. The molecule has 0 fully saturated rings. The van der Waals surface area contributed by atoms with Crippen molar-refractivity contribution in [2.24, 2.45) is 5.41 Å². The Balaban J connectivity index is 2.34. The quantitative estimate of drug-likeness (QED) is 0.806. The molecule has 0 heterocycles. The SMILES string of the molecule is CC(C)(C)C(=O)N[C@H](C(=O)O)c1ccccc1/C=C/c1ccccc1. The number of carboxylic acids is 1. The molecule has 2 N–H and O–H groups in total. The molecule has 0 aliphatic carbocycles. The van der Waals surface area contributed by atoms with Crippen molar-refractivity contribution in [3.8, 4) is 0 Å². The highest BCUT2D eigenvalue weighted by Crippen LogP contribution is 2.23. The van der Waals surface area contributed by atoms with Gasteiger partial charge in [-0.3, -0.25) is 4.79 Å². The van der Waals surface area contributed by atoms with Crippen molar-refractivity contribution >= 4 is 24.0 Å². The summed E-state index contributed by atoms with van der Waals surface area (Å²) in [7, 11) is 0. The molecule has 0 spiro atoms. The fraction of sp³-hybridized carbons (Fsp3) is 0.238. The molecular weight excluding hydrogens is 314 g/mol. The van der Waals surface area contributed by atoms with E-state index in [1.165, 1.54) is 0 Å². The molecule has 25 heavy (non-hydrogen) atoms. The zero-order valence-electron chi connectivity index (χ0n) is 14.7. The summed E-state index contributed by atoms with van der Waals surface area (Å²) >= 11 is 0. The first-order valence-corrected chi connectivity index (χ1v) is 8.15. The van der Waals surface area contributed by atoms with E-state index in [1.54, 1.807) is 32.9 Å². The van der Waals surface area contributed by atoms with Crippen LogP contribution in [0.4, 0.5) is 0 Å². The maximum atomic E-state index is 12.3. The highest BCUT2D eigenvalue weighted by molar-refractivity contribution is 5.88. The number of nitrogens with one attached hydrogen (secondary N) is 1. The molecule has 0 unspecified atom stereocenters. The maximum absolute atomic E-state index is 12.3. The van der Waals surface area contributed by atoms with E-state index in [1.807, 2.05) is 54.6 Å². The van der Waals surface area contributed by atoms with Crippen molar-refractivity contribution in [2.45, 2.75) is 26.8 Å². The van der Waals surface area contributed by atoms with Crippen molar-refractivity contribution in [2.75, 3.05) is 0 Å². The molecule has 0 saturated carbocycles. The van der Waals surface area contributed by atoms with Gasteiger partial charge in [-0.1, -0.05) is 87.5 Å². The van der Waals surface area contributed by atoms with Crippen LogP contribution in [-0.2, 0) is 9.59 Å². The van der Waals surface area contributed by atoms with Gasteiger partial charge >= 0.3 is 5.97 Å². The lowest BCUT2D eigenvalue weighted by atomic mass is 9.93. The summed E-state index contributed by atoms with van der Waals surface area (Å²) in [6, 6.07) is 15.8. The number of benzene rings is 2. The number of hydrogen-bond acceptors (Lipinski definition) is 2. The van der Waals surface area contributed by atoms with E-state index in [0.29, 0.717) is 5.56 Å². The predicted molar refractivity (Wildman–Crippen MR) is 99.8 cm³/mol. The summed E-state index contributed by atoms with van der Waals surface area (Å²) in [4.78, 5) is 24.0. The van der Waals surface area contributed by atoms with Gasteiger partial charge in [-0.2, -0.15) is 0 Å². The molecule has 2 aromatic carbocycles. The molecule has 4 nitrogen and oxygen atoms in total. The summed E-state index contributed by atoms with van der Waals surface area (Å²) in [5.41, 5.74) is 1.67. The Kier molecular flexibility index (Phi) is 5.75. The van der Waals surface area contributed by atoms with E-state index < -0.39 is 17.4 Å². The van der Waals surface area contributed by atoms with E-state index in [4.69, 9.17) is 0 Å². The van der Waals surface area contributed by atoms with Gasteiger partial charge in [0, 0.05) is 5.41 Å². The Hall–Kier alpha value is -2.88. The van der Waals surface area contributed by atoms with Crippen LogP contribution >= 0.6 is 0 Å². The number of carbonyl (C=O) groups excluding carboxylic acids is 1. The van der Waals surface area contributed by atoms with Crippen LogP contribution < -0.4 is 5.32 Å². The van der Waals surface area contributed by atoms with Gasteiger partial charge in [-0.15, -0.1) is 0 Å². The Labute approximate surface area is 148 Å². The molecule has 0 saturated heterocycles. The minimum absolute atomic E-state index is 0.304. The van der Waals surface area contributed by atoms with E-state index in [0.717, 1.165) is 11.1 Å². The Morgan fingerprint density at radius 3 is 2.16 bits per heavy atom. The number of amides is 1. The van der Waals surface area contributed by atoms with Crippen LogP contribution in [0.2, 0.25) is 0 Å². The number of aliphatic carboxylic acids is 1. The summed E-state index contributed by atoms with van der Waals surface area (Å²) in [5.74, 6) is -1.39. The third-order valence-electron chi connectivity index (χ3n) is 3.77. The lowest BCUT2D eigenvalue weighted by molar-refractivity contribution is -0.143. The van der Waals surface area contributed by atoms with Gasteiger partial charge in [0.15, 0.2) is 6.04 Å². The molecule has 2 aromatic rings. The van der Waals surface area contributed by atoms with Crippen molar-refractivity contribution in [3.63, 3.8) is 0 Å². The van der Waals surface area contributed by atoms with Crippen molar-refractivity contribution in [1.29, 1.82) is 0 Å². The summed E-state index contributed by atoms with van der Waals surface area (Å²) in [5, 5.41) is 12.3. The van der Waals surface area contributed by atoms with E-state index in [9.17, 15) is 14.7 Å². The highest BCUT2D eigenvalue weighted by Gasteiger charge is 2.29. The fourth-order valence-electron chi connectivity index (χ4n) is 2.30. The average molecular weight is 337 g/mol. The van der Waals surface area contributed by atoms with Crippen LogP contribution in [0.1, 0.15) is 43.5 Å². The molecule has 0 aliphatic rings. The van der Waals surface area contributed by atoms with Crippen LogP contribution in [0, 0.1) is 5.41 Å². The van der Waals surface area contributed by atoms with Crippen LogP contribution in [0.3, 0.4) is 0 Å². The first kappa shape index (κ1) is 18.5. The fourth-order valence-corrected chi connectivity index (χ4v) is 2.30. The summed E-state index contributed by atoms with van der Waals surface area (Å²) < 4.78 is 0. The second-order valence-corrected chi connectivity index (χ2v) is 6.87. The highest BCUT2D eigenvalue weighted by atomic mass is 16.4. The molecule has 0 radical (unpaired) electrons. The first-order valence-electron chi connectivity index (χ1n) is 8.15. The average Bonchev–Trinajstić information content (AvgIpc) is 2.58. The van der Waals surface area contributed by atoms with Gasteiger partial charge in [0.05, 0.1) is 0 Å². The first-order chi connectivity index (χ1) is 11.8. The Morgan fingerprint density at radius 1 is 0.960 bits per heavy atom. The zero-order valence-corrected chi connectivity index (χ0v) is 14.7. The van der Waals surface area contributed by atoms with Crippen LogP contribution in [-0.4, -0.2) is 17.0 Å². The van der Waals surface area contributed by atoms with E-state index >= 15 is 0 Å². The topological polar surface area (TPSA) is 66.4 Å². The molecule has 1 atom stereocenters. The van der Waals surface area contributed by atoms with Crippen molar-refractivity contribution < 1.29 is 14.7 Å². The third-order valence-corrected chi connectivity index (χ3v) is 3.77. The molecular formula is C21H23NO3. The van der Waals surface area contributed by atoms with Crippen LogP contribution in [0.15, 0.2) is 54.6 Å². The normalized spacial score (nSPS) is 12.8. The smallest absolute Gasteiger partial charge is 0.330 e. The molecule has 0 aromatic heterocycles. The van der Waals surface area contributed by atoms with E-state index in [-0.39, 0.29) is 5.91 Å². The predicted octanol–water partition coefficient (Wildman–Crippen LogP) is 4.15. The molecule has 130 valence electrons. The standard InChI is InChI=1S/C21H23NO3/c1-21(2,3)20(25)22-18(19(23)24)17-12-8-7-11-16(17)14-13-15-9-5-4-6-10-15/h4-14,18H,1-3H3,(H,22,25)(H,23,24)/b14-13+/t18-/m0/s1. The van der Waals surface area contributed by atoms with Gasteiger partial charge in [-0.25, -0.2) is 4.79 Å². The van der Waals surface area contributed by atoms with Gasteiger partial charge in [0.2, 0.25) is 5.91 Å². The van der Waals surface area contributed by atoms with Crippen LogP contribution in [0.25, 0.3) is 12.2 Å². The largest absolute Gasteiger partial charge is 0.479 e. The Bertz CT molecular complexity index is 773. The summed E-state index contributed by atoms with van der Waals surface area (Å²) in [6.45, 7) is 5.26. The molecule has 1 amide bonds. The van der Waals surface area contributed by atoms with Gasteiger partial charge in [0.25, 0.3) is 0 Å². The zero-order chi connectivity index (χ0) is 18.4. The summed E-state index contributed by atoms with van der Waals surface area (Å²) in [6.07, 6.45) is 3.78. The molecule has 0 aliphatic heterocycles. The minimum Gasteiger partial charge on any atom is -0.479 e. The third kappa shape index (κ3) is 5.05. The van der Waals surface area contributed by atoms with Crippen molar-refractivity contribution in [3.05, 3.63) is 71.3 Å². The Morgan fingerprint density at radius 2 is 1.56 bits per heavy atom. The molecule has 0 bridgehead atoms.